The van der Waals surface area contributed by atoms with Crippen LogP contribution < -0.4 is 0 Å². The SMILES string of the molecule is Oc1cccc(C2(c3cccc(O)c3C3CCCCC3)[C]CCCCC2)c1C1CCCCC1. The third-order valence-electron chi connectivity index (χ3n) is 8.77. The molecule has 0 heterocycles. The second kappa shape index (κ2) is 10.1. The fourth-order valence-corrected chi connectivity index (χ4v) is 7.18. The fourth-order valence-electron chi connectivity index (χ4n) is 7.18. The van der Waals surface area contributed by atoms with Crippen molar-refractivity contribution in [1.82, 2.24) is 0 Å². The summed E-state index contributed by atoms with van der Waals surface area (Å²) in [6.45, 7) is 0. The summed E-state index contributed by atoms with van der Waals surface area (Å²) < 4.78 is 0. The summed E-state index contributed by atoms with van der Waals surface area (Å²) in [6.07, 6.45) is 21.8. The Balaban J connectivity index is 1.71. The molecule has 0 aromatic heterocycles. The van der Waals surface area contributed by atoms with E-state index in [4.69, 9.17) is 0 Å². The molecule has 2 N–H and O–H groups in total. The van der Waals surface area contributed by atoms with E-state index in [1.165, 1.54) is 73.6 Å². The van der Waals surface area contributed by atoms with Gasteiger partial charge in [0.05, 0.1) is 0 Å². The molecule has 0 amide bonds. The van der Waals surface area contributed by atoms with Crippen LogP contribution >= 0.6 is 0 Å². The van der Waals surface area contributed by atoms with Crippen LogP contribution in [0.2, 0.25) is 0 Å². The zero-order valence-corrected chi connectivity index (χ0v) is 20.1. The molecule has 0 atom stereocenters. The van der Waals surface area contributed by atoms with E-state index in [1.54, 1.807) is 0 Å². The summed E-state index contributed by atoms with van der Waals surface area (Å²) >= 11 is 0. The van der Waals surface area contributed by atoms with E-state index in [2.05, 4.69) is 18.6 Å². The number of hydrogen-bond acceptors (Lipinski definition) is 2. The van der Waals surface area contributed by atoms with Crippen LogP contribution in [0.25, 0.3) is 0 Å². The summed E-state index contributed by atoms with van der Waals surface area (Å²) in [5.74, 6) is 1.77. The Morgan fingerprint density at radius 2 is 1.09 bits per heavy atom. The molecule has 3 fully saturated rings. The highest BCUT2D eigenvalue weighted by Gasteiger charge is 2.42. The van der Waals surface area contributed by atoms with Crippen LogP contribution in [0.3, 0.4) is 0 Å². The monoisotopic (exact) mass is 444 g/mol. The van der Waals surface area contributed by atoms with Crippen molar-refractivity contribution in [1.29, 1.82) is 0 Å². The van der Waals surface area contributed by atoms with Crippen LogP contribution in [-0.4, -0.2) is 10.2 Å². The molecule has 5 rings (SSSR count). The summed E-state index contributed by atoms with van der Waals surface area (Å²) in [7, 11) is 0. The molecule has 0 unspecified atom stereocenters. The van der Waals surface area contributed by atoms with Gasteiger partial charge in [0.2, 0.25) is 0 Å². The van der Waals surface area contributed by atoms with Crippen LogP contribution in [-0.2, 0) is 5.41 Å². The molecular weight excluding hydrogens is 404 g/mol. The van der Waals surface area contributed by atoms with Gasteiger partial charge in [0.15, 0.2) is 0 Å². The molecule has 3 aliphatic carbocycles. The zero-order valence-electron chi connectivity index (χ0n) is 20.1. The fraction of sp³-hybridized carbons (Fsp3) is 0.581. The van der Waals surface area contributed by atoms with Crippen molar-refractivity contribution in [2.45, 2.75) is 114 Å². The van der Waals surface area contributed by atoms with Crippen molar-refractivity contribution in [2.75, 3.05) is 0 Å². The minimum atomic E-state index is -0.354. The van der Waals surface area contributed by atoms with Gasteiger partial charge in [-0.15, -0.1) is 0 Å². The van der Waals surface area contributed by atoms with E-state index in [1.807, 2.05) is 24.3 Å². The van der Waals surface area contributed by atoms with Crippen LogP contribution in [0.5, 0.6) is 11.5 Å². The van der Waals surface area contributed by atoms with E-state index in [9.17, 15) is 10.2 Å². The maximum Gasteiger partial charge on any atom is 0.119 e. The molecule has 3 aliphatic rings. The highest BCUT2D eigenvalue weighted by molar-refractivity contribution is 5.57. The van der Waals surface area contributed by atoms with Gasteiger partial charge in [-0.25, -0.2) is 0 Å². The number of aromatic hydroxyl groups is 2. The largest absolute Gasteiger partial charge is 0.508 e. The molecule has 0 spiro atoms. The van der Waals surface area contributed by atoms with Gasteiger partial charge in [-0.2, -0.15) is 0 Å². The third-order valence-corrected chi connectivity index (χ3v) is 8.77. The van der Waals surface area contributed by atoms with Crippen molar-refractivity contribution in [3.05, 3.63) is 65.1 Å². The smallest absolute Gasteiger partial charge is 0.119 e. The molecule has 2 aromatic rings. The average Bonchev–Trinajstić information content (AvgIpc) is 3.12. The number of benzene rings is 2. The second-order valence-corrected chi connectivity index (χ2v) is 10.8. The molecular formula is C31H40O2. The number of phenols is 2. The van der Waals surface area contributed by atoms with Gasteiger partial charge in [0.1, 0.15) is 11.5 Å². The van der Waals surface area contributed by atoms with Crippen LogP contribution in [0.4, 0.5) is 0 Å². The lowest BCUT2D eigenvalue weighted by molar-refractivity contribution is 0.394. The molecule has 33 heavy (non-hydrogen) atoms. The molecule has 0 aliphatic heterocycles. The molecule has 0 bridgehead atoms. The first-order valence-electron chi connectivity index (χ1n) is 13.6. The van der Waals surface area contributed by atoms with Gasteiger partial charge in [-0.05, 0) is 80.0 Å². The maximum atomic E-state index is 11.2. The quantitative estimate of drug-likeness (QED) is 0.464. The maximum absolute atomic E-state index is 11.2. The Labute approximate surface area is 200 Å². The average molecular weight is 445 g/mol. The Kier molecular flexibility index (Phi) is 6.99. The van der Waals surface area contributed by atoms with Crippen molar-refractivity contribution in [2.24, 2.45) is 0 Å². The number of rotatable bonds is 4. The molecule has 2 radical (unpaired) electrons. The summed E-state index contributed by atoms with van der Waals surface area (Å²) in [5.41, 5.74) is 4.51. The first-order chi connectivity index (χ1) is 16.2. The van der Waals surface area contributed by atoms with Crippen molar-refractivity contribution < 1.29 is 10.2 Å². The number of hydrogen-bond donors (Lipinski definition) is 2. The topological polar surface area (TPSA) is 40.5 Å². The zero-order chi connectivity index (χ0) is 22.7. The van der Waals surface area contributed by atoms with E-state index in [0.717, 1.165) is 44.9 Å². The second-order valence-electron chi connectivity index (χ2n) is 10.8. The minimum Gasteiger partial charge on any atom is -0.508 e. The van der Waals surface area contributed by atoms with Crippen molar-refractivity contribution >= 4 is 0 Å². The van der Waals surface area contributed by atoms with E-state index < -0.39 is 0 Å². The Morgan fingerprint density at radius 1 is 0.606 bits per heavy atom. The predicted molar refractivity (Wildman–Crippen MR) is 135 cm³/mol. The Hall–Kier alpha value is -1.96. The minimum absolute atomic E-state index is 0.354. The highest BCUT2D eigenvalue weighted by atomic mass is 16.3. The van der Waals surface area contributed by atoms with E-state index >= 15 is 0 Å². The summed E-state index contributed by atoms with van der Waals surface area (Å²) in [6, 6.07) is 12.4. The lowest BCUT2D eigenvalue weighted by Gasteiger charge is -2.40. The van der Waals surface area contributed by atoms with Crippen LogP contribution in [0.1, 0.15) is 130 Å². The third kappa shape index (κ3) is 4.43. The van der Waals surface area contributed by atoms with Crippen LogP contribution in [0, 0.1) is 6.42 Å². The van der Waals surface area contributed by atoms with Crippen LogP contribution in [0.15, 0.2) is 36.4 Å². The normalized spacial score (nSPS) is 22.7. The molecule has 2 aromatic carbocycles. The van der Waals surface area contributed by atoms with Gasteiger partial charge < -0.3 is 10.2 Å². The molecule has 0 saturated heterocycles. The van der Waals surface area contributed by atoms with Gasteiger partial charge in [-0.1, -0.05) is 82.1 Å². The molecule has 2 heteroatoms. The molecule has 3 saturated carbocycles. The first-order valence-corrected chi connectivity index (χ1v) is 13.6. The Morgan fingerprint density at radius 3 is 1.61 bits per heavy atom. The summed E-state index contributed by atoms with van der Waals surface area (Å²) in [5, 5.41) is 22.4. The molecule has 176 valence electrons. The van der Waals surface area contributed by atoms with Gasteiger partial charge >= 0.3 is 0 Å². The lowest BCUT2D eigenvalue weighted by Crippen LogP contribution is -2.32. The van der Waals surface area contributed by atoms with Gasteiger partial charge in [0, 0.05) is 16.5 Å². The van der Waals surface area contributed by atoms with E-state index in [0.29, 0.717) is 23.3 Å². The first kappa shape index (κ1) is 22.8. The Bertz CT molecular complexity index is 856. The molecule has 2 nitrogen and oxygen atoms in total. The van der Waals surface area contributed by atoms with Gasteiger partial charge in [0.25, 0.3) is 0 Å². The summed E-state index contributed by atoms with van der Waals surface area (Å²) in [4.78, 5) is 0. The highest BCUT2D eigenvalue weighted by Crippen LogP contribution is 2.53. The number of phenolic OH excluding ortho intramolecular Hbond substituents is 2. The van der Waals surface area contributed by atoms with Crippen molar-refractivity contribution in [3.8, 4) is 11.5 Å². The standard InChI is InChI=1S/C31H40O2/c32-27-19-11-17-25(29(27)23-13-5-3-6-14-23)31(21-9-1-2-10-22-31)26-18-12-20-28(33)30(26)24-15-7-4-8-16-24/h11-12,17-20,23-24,32-33H,1-10,13-16,21H2. The van der Waals surface area contributed by atoms with E-state index in [-0.39, 0.29) is 5.41 Å². The van der Waals surface area contributed by atoms with Crippen molar-refractivity contribution in [3.63, 3.8) is 0 Å². The predicted octanol–water partition coefficient (Wildman–Crippen LogP) is 8.52. The van der Waals surface area contributed by atoms with Gasteiger partial charge in [-0.3, -0.25) is 0 Å². The lowest BCUT2D eigenvalue weighted by atomic mass is 9.63.